The van der Waals surface area contributed by atoms with Crippen molar-refractivity contribution in [2.45, 2.75) is 38.8 Å². The number of nitrogens with one attached hydrogen (secondary N) is 1. The zero-order valence-corrected chi connectivity index (χ0v) is 11.6. The highest BCUT2D eigenvalue weighted by Gasteiger charge is 2.19. The average Bonchev–Trinajstić information content (AvgIpc) is 2.40. The molecule has 0 bridgehead atoms. The first-order valence-corrected chi connectivity index (χ1v) is 6.98. The Morgan fingerprint density at radius 2 is 2.37 bits per heavy atom. The van der Waals surface area contributed by atoms with E-state index in [1.165, 1.54) is 12.1 Å². The molecule has 4 heteroatoms. The maximum atomic E-state index is 13.4. The molecule has 2 unspecified atom stereocenters. The molecule has 2 atom stereocenters. The van der Waals surface area contributed by atoms with Crippen molar-refractivity contribution in [1.29, 1.82) is 0 Å². The summed E-state index contributed by atoms with van der Waals surface area (Å²) < 4.78 is 24.7. The van der Waals surface area contributed by atoms with Gasteiger partial charge in [-0.3, -0.25) is 0 Å². The summed E-state index contributed by atoms with van der Waals surface area (Å²) in [7, 11) is 0. The molecule has 1 fully saturated rings. The van der Waals surface area contributed by atoms with Crippen LogP contribution >= 0.6 is 0 Å². The van der Waals surface area contributed by atoms with E-state index in [1.807, 2.05) is 0 Å². The first-order chi connectivity index (χ1) is 9.20. The third-order valence-electron chi connectivity index (χ3n) is 3.36. The summed E-state index contributed by atoms with van der Waals surface area (Å²) in [5.74, 6) is 0.364. The van der Waals surface area contributed by atoms with Gasteiger partial charge in [-0.1, -0.05) is 13.0 Å². The summed E-state index contributed by atoms with van der Waals surface area (Å²) in [5, 5.41) is 3.33. The molecule has 106 valence electrons. The van der Waals surface area contributed by atoms with Gasteiger partial charge >= 0.3 is 0 Å². The fourth-order valence-corrected chi connectivity index (χ4v) is 2.37. The molecule has 2 rings (SSSR count). The molecule has 0 aliphatic carbocycles. The van der Waals surface area contributed by atoms with Crippen LogP contribution in [0.25, 0.3) is 0 Å². The summed E-state index contributed by atoms with van der Waals surface area (Å²) in [4.78, 5) is 0. The fraction of sp³-hybridized carbons (Fsp3) is 0.600. The van der Waals surface area contributed by atoms with Crippen molar-refractivity contribution in [3.8, 4) is 5.75 Å². The molecule has 1 aromatic rings. The molecule has 1 aliphatic rings. The van der Waals surface area contributed by atoms with Crippen LogP contribution in [0.3, 0.4) is 0 Å². The number of hydrogen-bond acceptors (Lipinski definition) is 3. The lowest BCUT2D eigenvalue weighted by molar-refractivity contribution is 0.00675. The predicted molar refractivity (Wildman–Crippen MR) is 73.0 cm³/mol. The Morgan fingerprint density at radius 1 is 1.53 bits per heavy atom. The van der Waals surface area contributed by atoms with E-state index < -0.39 is 0 Å². The number of ether oxygens (including phenoxy) is 2. The van der Waals surface area contributed by atoms with Crippen molar-refractivity contribution >= 4 is 0 Å². The number of rotatable bonds is 5. The van der Waals surface area contributed by atoms with Crippen LogP contribution in [0, 0.1) is 5.82 Å². The first kappa shape index (κ1) is 14.3. The second kappa shape index (κ2) is 6.87. The minimum absolute atomic E-state index is 0.0307. The van der Waals surface area contributed by atoms with E-state index in [-0.39, 0.29) is 18.0 Å². The van der Waals surface area contributed by atoms with E-state index >= 15 is 0 Å². The van der Waals surface area contributed by atoms with Crippen molar-refractivity contribution in [2.24, 2.45) is 0 Å². The standard InChI is InChI=1S/C15H22FNO2/c1-3-17-11(2)14-7-6-12(16)9-15(14)19-13-5-4-8-18-10-13/h6-7,9,11,13,17H,3-5,8,10H2,1-2H3. The molecule has 1 N–H and O–H groups in total. The molecule has 0 radical (unpaired) electrons. The van der Waals surface area contributed by atoms with Gasteiger partial charge in [0.2, 0.25) is 0 Å². The zero-order chi connectivity index (χ0) is 13.7. The minimum Gasteiger partial charge on any atom is -0.488 e. The number of halogens is 1. The quantitative estimate of drug-likeness (QED) is 0.889. The smallest absolute Gasteiger partial charge is 0.127 e. The van der Waals surface area contributed by atoms with E-state index in [2.05, 4.69) is 19.2 Å². The highest BCUT2D eigenvalue weighted by Crippen LogP contribution is 2.28. The number of hydrogen-bond donors (Lipinski definition) is 1. The summed E-state index contributed by atoms with van der Waals surface area (Å²) >= 11 is 0. The fourth-order valence-electron chi connectivity index (χ4n) is 2.37. The first-order valence-electron chi connectivity index (χ1n) is 6.98. The Labute approximate surface area is 114 Å². The van der Waals surface area contributed by atoms with Gasteiger partial charge in [-0.15, -0.1) is 0 Å². The van der Waals surface area contributed by atoms with Gasteiger partial charge in [-0.2, -0.15) is 0 Å². The Bertz CT molecular complexity index is 405. The number of benzene rings is 1. The normalized spacial score (nSPS) is 21.1. The van der Waals surface area contributed by atoms with Gasteiger partial charge in [0.05, 0.1) is 6.61 Å². The van der Waals surface area contributed by atoms with Gasteiger partial charge < -0.3 is 14.8 Å². The van der Waals surface area contributed by atoms with Crippen LogP contribution in [-0.4, -0.2) is 25.9 Å². The highest BCUT2D eigenvalue weighted by atomic mass is 19.1. The topological polar surface area (TPSA) is 30.5 Å². The van der Waals surface area contributed by atoms with E-state index in [0.29, 0.717) is 12.4 Å². The molecule has 0 spiro atoms. The second-order valence-corrected chi connectivity index (χ2v) is 4.92. The van der Waals surface area contributed by atoms with Gasteiger partial charge in [-0.25, -0.2) is 4.39 Å². The molecule has 0 amide bonds. The molecule has 1 aliphatic heterocycles. The molecular weight excluding hydrogens is 245 g/mol. The Morgan fingerprint density at radius 3 is 3.05 bits per heavy atom. The zero-order valence-electron chi connectivity index (χ0n) is 11.6. The Hall–Kier alpha value is -1.13. The van der Waals surface area contributed by atoms with Crippen LogP contribution in [-0.2, 0) is 4.74 Å². The molecule has 19 heavy (non-hydrogen) atoms. The van der Waals surface area contributed by atoms with Gasteiger partial charge in [-0.05, 0) is 32.4 Å². The third kappa shape index (κ3) is 3.91. The van der Waals surface area contributed by atoms with Crippen molar-refractivity contribution in [1.82, 2.24) is 5.32 Å². The Balaban J connectivity index is 2.14. The average molecular weight is 267 g/mol. The van der Waals surface area contributed by atoms with E-state index in [1.54, 1.807) is 6.07 Å². The van der Waals surface area contributed by atoms with Crippen molar-refractivity contribution in [3.05, 3.63) is 29.6 Å². The van der Waals surface area contributed by atoms with Crippen LogP contribution in [0.1, 0.15) is 38.3 Å². The van der Waals surface area contributed by atoms with E-state index in [9.17, 15) is 4.39 Å². The summed E-state index contributed by atoms with van der Waals surface area (Å²) in [6.07, 6.45) is 1.99. The van der Waals surface area contributed by atoms with Gasteiger partial charge in [0.25, 0.3) is 0 Å². The van der Waals surface area contributed by atoms with Crippen LogP contribution in [0.4, 0.5) is 4.39 Å². The predicted octanol–water partition coefficient (Wildman–Crippen LogP) is 3.05. The minimum atomic E-state index is -0.265. The second-order valence-electron chi connectivity index (χ2n) is 4.92. The summed E-state index contributed by atoms with van der Waals surface area (Å²) in [6, 6.07) is 4.89. The lowest BCUT2D eigenvalue weighted by atomic mass is 10.1. The lowest BCUT2D eigenvalue weighted by Gasteiger charge is -2.26. The summed E-state index contributed by atoms with van der Waals surface area (Å²) in [6.45, 7) is 6.36. The van der Waals surface area contributed by atoms with E-state index in [0.717, 1.165) is 31.6 Å². The van der Waals surface area contributed by atoms with Crippen LogP contribution in [0.5, 0.6) is 5.75 Å². The van der Waals surface area contributed by atoms with Gasteiger partial charge in [0.1, 0.15) is 17.7 Å². The van der Waals surface area contributed by atoms with E-state index in [4.69, 9.17) is 9.47 Å². The Kier molecular flexibility index (Phi) is 5.16. The maximum Gasteiger partial charge on any atom is 0.127 e. The molecule has 1 saturated heterocycles. The molecule has 3 nitrogen and oxygen atoms in total. The highest BCUT2D eigenvalue weighted by molar-refractivity contribution is 5.36. The van der Waals surface area contributed by atoms with Crippen LogP contribution < -0.4 is 10.1 Å². The van der Waals surface area contributed by atoms with Gasteiger partial charge in [0, 0.05) is 24.3 Å². The monoisotopic (exact) mass is 267 g/mol. The van der Waals surface area contributed by atoms with Crippen LogP contribution in [0.2, 0.25) is 0 Å². The molecular formula is C15H22FNO2. The molecule has 1 heterocycles. The largest absolute Gasteiger partial charge is 0.488 e. The van der Waals surface area contributed by atoms with Gasteiger partial charge in [0.15, 0.2) is 0 Å². The van der Waals surface area contributed by atoms with Crippen molar-refractivity contribution < 1.29 is 13.9 Å². The summed E-state index contributed by atoms with van der Waals surface area (Å²) in [5.41, 5.74) is 0.994. The SMILES string of the molecule is CCNC(C)c1ccc(F)cc1OC1CCCOC1. The third-order valence-corrected chi connectivity index (χ3v) is 3.36. The lowest BCUT2D eigenvalue weighted by Crippen LogP contribution is -2.29. The van der Waals surface area contributed by atoms with Crippen molar-refractivity contribution in [3.63, 3.8) is 0 Å². The molecule has 0 saturated carbocycles. The maximum absolute atomic E-state index is 13.4. The molecule has 1 aromatic carbocycles. The van der Waals surface area contributed by atoms with Crippen LogP contribution in [0.15, 0.2) is 18.2 Å². The van der Waals surface area contributed by atoms with Crippen molar-refractivity contribution in [2.75, 3.05) is 19.8 Å². The molecule has 0 aromatic heterocycles.